The van der Waals surface area contributed by atoms with E-state index in [2.05, 4.69) is 10.2 Å². The third-order valence-corrected chi connectivity index (χ3v) is 6.82. The molecule has 2 aromatic rings. The van der Waals surface area contributed by atoms with Crippen molar-refractivity contribution in [2.75, 3.05) is 56.0 Å². The van der Waals surface area contributed by atoms with Gasteiger partial charge >= 0.3 is 0 Å². The Morgan fingerprint density at radius 3 is 2.44 bits per heavy atom. The van der Waals surface area contributed by atoms with Crippen molar-refractivity contribution in [3.05, 3.63) is 53.1 Å². The molecule has 0 saturated carbocycles. The van der Waals surface area contributed by atoms with Gasteiger partial charge in [0.05, 0.1) is 17.5 Å². The number of halogens is 1. The fourth-order valence-electron chi connectivity index (χ4n) is 4.45. The van der Waals surface area contributed by atoms with E-state index in [0.717, 1.165) is 24.3 Å². The van der Waals surface area contributed by atoms with Crippen molar-refractivity contribution in [3.63, 3.8) is 0 Å². The summed E-state index contributed by atoms with van der Waals surface area (Å²) in [6.45, 7) is 6.24. The summed E-state index contributed by atoms with van der Waals surface area (Å²) in [4.78, 5) is 31.7. The van der Waals surface area contributed by atoms with E-state index in [4.69, 9.17) is 17.0 Å². The Morgan fingerprint density at radius 1 is 1.09 bits per heavy atom. The quantitative estimate of drug-likeness (QED) is 0.433. The maximum atomic E-state index is 12.9. The lowest BCUT2D eigenvalue weighted by Gasteiger charge is -2.36. The monoisotopic (exact) mass is 483 g/mol. The van der Waals surface area contributed by atoms with E-state index in [9.17, 15) is 14.7 Å². The van der Waals surface area contributed by atoms with Crippen LogP contribution in [0.5, 0.6) is 5.75 Å². The first-order chi connectivity index (χ1) is 16.3. The molecule has 3 N–H and O–H groups in total. The molecular formula is C25H30ClN5O3. The first kappa shape index (κ1) is 24.0. The number of phenols is 1. The largest absolute Gasteiger partial charge is 0.506 e. The molecule has 2 aliphatic heterocycles. The lowest BCUT2D eigenvalue weighted by atomic mass is 10.1. The molecule has 2 aromatic carbocycles. The minimum atomic E-state index is -0.190. The van der Waals surface area contributed by atoms with E-state index in [1.54, 1.807) is 13.0 Å². The van der Waals surface area contributed by atoms with Gasteiger partial charge < -0.3 is 25.6 Å². The summed E-state index contributed by atoms with van der Waals surface area (Å²) in [5.74, 6) is -0.220. The molecule has 0 bridgehead atoms. The second-order valence-corrected chi connectivity index (χ2v) is 9.32. The van der Waals surface area contributed by atoms with Crippen molar-refractivity contribution >= 4 is 40.5 Å². The lowest BCUT2D eigenvalue weighted by molar-refractivity contribution is -0.132. The molecule has 180 valence electrons. The third kappa shape index (κ3) is 5.69. The summed E-state index contributed by atoms with van der Waals surface area (Å²) < 4.78 is 0. The van der Waals surface area contributed by atoms with Crippen LogP contribution in [0.4, 0.5) is 11.4 Å². The highest BCUT2D eigenvalue weighted by Crippen LogP contribution is 2.27. The van der Waals surface area contributed by atoms with Gasteiger partial charge in [0, 0.05) is 49.8 Å². The number of amides is 2. The molecule has 34 heavy (non-hydrogen) atoms. The Kier molecular flexibility index (Phi) is 7.38. The number of aromatic hydroxyl groups is 1. The Hall–Kier alpha value is -3.10. The van der Waals surface area contributed by atoms with Crippen molar-refractivity contribution < 1.29 is 14.7 Å². The predicted octanol–water partition coefficient (Wildman–Crippen LogP) is 3.04. The van der Waals surface area contributed by atoms with Gasteiger partial charge in [0.2, 0.25) is 11.8 Å². The maximum Gasteiger partial charge on any atom is 0.236 e. The van der Waals surface area contributed by atoms with Crippen LogP contribution >= 0.6 is 11.6 Å². The smallest absolute Gasteiger partial charge is 0.236 e. The van der Waals surface area contributed by atoms with Crippen LogP contribution in [0.3, 0.4) is 0 Å². The normalized spacial score (nSPS) is 18.7. The van der Waals surface area contributed by atoms with Gasteiger partial charge in [-0.2, -0.15) is 0 Å². The average molecular weight is 484 g/mol. The first-order valence-electron chi connectivity index (χ1n) is 11.5. The molecule has 2 saturated heterocycles. The highest BCUT2D eigenvalue weighted by atomic mass is 35.5. The van der Waals surface area contributed by atoms with Crippen LogP contribution in [0.1, 0.15) is 18.9 Å². The van der Waals surface area contributed by atoms with Gasteiger partial charge in [0.1, 0.15) is 5.75 Å². The lowest BCUT2D eigenvalue weighted by Crippen LogP contribution is -2.51. The van der Waals surface area contributed by atoms with Crippen molar-refractivity contribution in [1.29, 1.82) is 5.41 Å². The molecule has 0 spiro atoms. The van der Waals surface area contributed by atoms with Gasteiger partial charge in [-0.1, -0.05) is 23.7 Å². The zero-order chi connectivity index (χ0) is 24.2. The topological polar surface area (TPSA) is 100.0 Å². The van der Waals surface area contributed by atoms with E-state index in [0.29, 0.717) is 50.5 Å². The molecule has 9 heteroatoms. The van der Waals surface area contributed by atoms with Gasteiger partial charge in [0.25, 0.3) is 0 Å². The fraction of sp³-hybridized carbons (Fsp3) is 0.400. The number of phenolic OH excluding ortho intramolecular Hbond substituents is 1. The summed E-state index contributed by atoms with van der Waals surface area (Å²) >= 11 is 5.91. The third-order valence-electron chi connectivity index (χ3n) is 6.52. The van der Waals surface area contributed by atoms with Gasteiger partial charge in [-0.3, -0.25) is 14.5 Å². The van der Waals surface area contributed by atoms with Crippen LogP contribution in [0.15, 0.2) is 42.5 Å². The summed E-state index contributed by atoms with van der Waals surface area (Å²) in [7, 11) is 0. The molecule has 2 fully saturated rings. The van der Waals surface area contributed by atoms with E-state index < -0.39 is 0 Å². The van der Waals surface area contributed by atoms with Crippen LogP contribution in [0, 0.1) is 11.3 Å². The fourth-order valence-corrected chi connectivity index (χ4v) is 4.63. The summed E-state index contributed by atoms with van der Waals surface area (Å²) in [5, 5.41) is 20.3. The summed E-state index contributed by atoms with van der Waals surface area (Å²) in [5.41, 5.74) is 3.12. The molecule has 0 radical (unpaired) electrons. The second-order valence-electron chi connectivity index (χ2n) is 8.92. The van der Waals surface area contributed by atoms with Crippen LogP contribution < -0.4 is 10.2 Å². The van der Waals surface area contributed by atoms with Crippen LogP contribution in [0.2, 0.25) is 5.02 Å². The summed E-state index contributed by atoms with van der Waals surface area (Å²) in [6.07, 6.45) is 0.698. The molecule has 2 aliphatic rings. The molecule has 8 nitrogen and oxygen atoms in total. The van der Waals surface area contributed by atoms with E-state index in [-0.39, 0.29) is 28.5 Å². The summed E-state index contributed by atoms with van der Waals surface area (Å²) in [6, 6.07) is 12.6. The van der Waals surface area contributed by atoms with Crippen LogP contribution in [0.25, 0.3) is 0 Å². The predicted molar refractivity (Wildman–Crippen MR) is 134 cm³/mol. The second kappa shape index (κ2) is 10.4. The van der Waals surface area contributed by atoms with Crippen molar-refractivity contribution in [2.45, 2.75) is 13.3 Å². The number of hydrogen-bond donors (Lipinski definition) is 3. The van der Waals surface area contributed by atoms with Crippen molar-refractivity contribution in [1.82, 2.24) is 9.80 Å². The van der Waals surface area contributed by atoms with E-state index >= 15 is 0 Å². The van der Waals surface area contributed by atoms with Gasteiger partial charge in [-0.05, 0) is 55.8 Å². The first-order valence-corrected chi connectivity index (χ1v) is 11.9. The SMILES string of the molecule is CC(=N)c1ccc(N2CCN(C(=O)CN3CCC(C(=O)Nc4ccc(O)c(Cl)c4)C3)CC2)cc1. The molecule has 1 atom stereocenters. The zero-order valence-corrected chi connectivity index (χ0v) is 20.0. The minimum Gasteiger partial charge on any atom is -0.506 e. The highest BCUT2D eigenvalue weighted by Gasteiger charge is 2.31. The Morgan fingerprint density at radius 2 is 1.79 bits per heavy atom. The number of nitrogens with zero attached hydrogens (tertiary/aromatic N) is 3. The van der Waals surface area contributed by atoms with Gasteiger partial charge in [-0.25, -0.2) is 0 Å². The number of piperazine rings is 1. The number of likely N-dealkylation sites (tertiary alicyclic amines) is 1. The van der Waals surface area contributed by atoms with Crippen molar-refractivity contribution in [3.8, 4) is 5.75 Å². The van der Waals surface area contributed by atoms with Crippen molar-refractivity contribution in [2.24, 2.45) is 5.92 Å². The Labute approximate surface area is 204 Å². The molecule has 0 aromatic heterocycles. The maximum absolute atomic E-state index is 12.9. The number of anilines is 2. The average Bonchev–Trinajstić information content (AvgIpc) is 3.30. The zero-order valence-electron chi connectivity index (χ0n) is 19.3. The highest BCUT2D eigenvalue weighted by molar-refractivity contribution is 6.32. The standard InChI is InChI=1S/C25H30ClN5O3/c1-17(27)18-2-5-21(6-3-18)30-10-12-31(13-11-30)24(33)16-29-9-8-19(15-29)25(34)28-20-4-7-23(32)22(26)14-20/h2-7,14,19,27,32H,8-13,15-16H2,1H3,(H,28,34). The molecule has 4 rings (SSSR count). The van der Waals surface area contributed by atoms with Crippen LogP contribution in [-0.2, 0) is 9.59 Å². The Bertz CT molecular complexity index is 1070. The molecule has 2 amide bonds. The molecular weight excluding hydrogens is 454 g/mol. The number of hydrogen-bond acceptors (Lipinski definition) is 6. The number of carbonyl (C=O) groups is 2. The molecule has 0 aliphatic carbocycles. The number of rotatable bonds is 6. The van der Waals surface area contributed by atoms with E-state index in [1.165, 1.54) is 12.1 Å². The van der Waals surface area contributed by atoms with E-state index in [1.807, 2.05) is 34.1 Å². The van der Waals surface area contributed by atoms with Gasteiger partial charge in [-0.15, -0.1) is 0 Å². The van der Waals surface area contributed by atoms with Gasteiger partial charge in [0.15, 0.2) is 0 Å². The number of benzene rings is 2. The molecule has 1 unspecified atom stereocenters. The minimum absolute atomic E-state index is 0.0261. The van der Waals surface area contributed by atoms with Crippen LogP contribution in [-0.4, -0.2) is 78.2 Å². The Balaban J connectivity index is 1.22. The number of nitrogens with one attached hydrogen (secondary N) is 2. The number of carbonyl (C=O) groups excluding carboxylic acids is 2. The molecule has 2 heterocycles.